The molecule has 1 heterocycles. The molecule has 0 bridgehead atoms. The number of aryl methyl sites for hydroxylation is 1. The van der Waals surface area contributed by atoms with Crippen molar-refractivity contribution in [2.24, 2.45) is 0 Å². The molecule has 1 N–H and O–H groups in total. The zero-order valence-electron chi connectivity index (χ0n) is 10.7. The molecule has 1 aromatic rings. The number of halogens is 1. The van der Waals surface area contributed by atoms with Gasteiger partial charge in [0, 0.05) is 16.6 Å². The topological polar surface area (TPSA) is 57.6 Å². The molecule has 0 aromatic heterocycles. The monoisotopic (exact) mass is 325 g/mol. The fourth-order valence-electron chi connectivity index (χ4n) is 2.41. The molecule has 0 aliphatic carbocycles. The maximum atomic E-state index is 12.5. The van der Waals surface area contributed by atoms with Crippen molar-refractivity contribution in [2.45, 2.75) is 32.2 Å². The number of carboxylic acids is 1. The van der Waals surface area contributed by atoms with Crippen molar-refractivity contribution >= 4 is 27.8 Å². The maximum absolute atomic E-state index is 12.5. The summed E-state index contributed by atoms with van der Waals surface area (Å²) >= 11 is 3.35. The SMILES string of the molecule is Cc1ccc(Br)cc1C(=O)N1CCCC[C@@H]1C(=O)O. The van der Waals surface area contributed by atoms with Gasteiger partial charge in [-0.3, -0.25) is 4.79 Å². The average Bonchev–Trinajstić information content (AvgIpc) is 2.40. The summed E-state index contributed by atoms with van der Waals surface area (Å²) in [5.74, 6) is -1.11. The molecule has 1 saturated heterocycles. The molecular weight excluding hydrogens is 310 g/mol. The number of carbonyl (C=O) groups is 2. The van der Waals surface area contributed by atoms with E-state index in [9.17, 15) is 14.7 Å². The van der Waals surface area contributed by atoms with Crippen LogP contribution in [0.25, 0.3) is 0 Å². The van der Waals surface area contributed by atoms with Crippen molar-refractivity contribution in [3.05, 3.63) is 33.8 Å². The van der Waals surface area contributed by atoms with Crippen molar-refractivity contribution in [2.75, 3.05) is 6.54 Å². The third-order valence-electron chi connectivity index (χ3n) is 3.48. The van der Waals surface area contributed by atoms with E-state index in [0.717, 1.165) is 22.9 Å². The van der Waals surface area contributed by atoms with E-state index in [1.807, 2.05) is 19.1 Å². The minimum atomic E-state index is -0.916. The van der Waals surface area contributed by atoms with Gasteiger partial charge in [0.15, 0.2) is 0 Å². The van der Waals surface area contributed by atoms with Crippen LogP contribution in [0.1, 0.15) is 35.2 Å². The van der Waals surface area contributed by atoms with Gasteiger partial charge >= 0.3 is 5.97 Å². The Labute approximate surface area is 120 Å². The molecule has 4 nitrogen and oxygen atoms in total. The summed E-state index contributed by atoms with van der Waals surface area (Å²) in [5.41, 5.74) is 1.44. The molecule has 0 saturated carbocycles. The molecule has 0 spiro atoms. The number of rotatable bonds is 2. The van der Waals surface area contributed by atoms with E-state index >= 15 is 0 Å². The summed E-state index contributed by atoms with van der Waals surface area (Å²) in [7, 11) is 0. The fraction of sp³-hybridized carbons (Fsp3) is 0.429. The Morgan fingerprint density at radius 1 is 1.37 bits per heavy atom. The standard InChI is InChI=1S/C14H16BrNO3/c1-9-5-6-10(15)8-11(9)13(17)16-7-3-2-4-12(16)14(18)19/h5-6,8,12H,2-4,7H2,1H3,(H,18,19)/t12-/m1/s1. The highest BCUT2D eigenvalue weighted by molar-refractivity contribution is 9.10. The fourth-order valence-corrected chi connectivity index (χ4v) is 2.77. The zero-order valence-corrected chi connectivity index (χ0v) is 12.3. The minimum Gasteiger partial charge on any atom is -0.480 e. The molecule has 1 fully saturated rings. The smallest absolute Gasteiger partial charge is 0.326 e. The molecule has 1 aliphatic heterocycles. The number of benzene rings is 1. The third-order valence-corrected chi connectivity index (χ3v) is 3.97. The largest absolute Gasteiger partial charge is 0.480 e. The predicted octanol–water partition coefficient (Wildman–Crippen LogP) is 2.84. The molecule has 2 rings (SSSR count). The Hall–Kier alpha value is -1.36. The predicted molar refractivity (Wildman–Crippen MR) is 75.2 cm³/mol. The van der Waals surface area contributed by atoms with Crippen molar-refractivity contribution < 1.29 is 14.7 Å². The summed E-state index contributed by atoms with van der Waals surface area (Å²) in [6, 6.07) is 4.79. The second kappa shape index (κ2) is 5.74. The van der Waals surface area contributed by atoms with Gasteiger partial charge in [0.05, 0.1) is 0 Å². The second-order valence-electron chi connectivity index (χ2n) is 4.81. The van der Waals surface area contributed by atoms with E-state index in [0.29, 0.717) is 18.5 Å². The molecule has 1 atom stereocenters. The van der Waals surface area contributed by atoms with Crippen molar-refractivity contribution in [1.82, 2.24) is 4.90 Å². The summed E-state index contributed by atoms with van der Waals surface area (Å²) in [5, 5.41) is 9.23. The van der Waals surface area contributed by atoms with Crippen LogP contribution in [0.4, 0.5) is 0 Å². The molecule has 1 aliphatic rings. The number of likely N-dealkylation sites (tertiary alicyclic amines) is 1. The van der Waals surface area contributed by atoms with Gasteiger partial charge in [-0.05, 0) is 43.9 Å². The van der Waals surface area contributed by atoms with Crippen LogP contribution in [0.2, 0.25) is 0 Å². The number of hydrogen-bond donors (Lipinski definition) is 1. The van der Waals surface area contributed by atoms with Crippen LogP contribution in [0.15, 0.2) is 22.7 Å². The first-order valence-electron chi connectivity index (χ1n) is 6.30. The van der Waals surface area contributed by atoms with Gasteiger partial charge in [-0.15, -0.1) is 0 Å². The van der Waals surface area contributed by atoms with Crippen molar-refractivity contribution in [3.8, 4) is 0 Å². The highest BCUT2D eigenvalue weighted by Crippen LogP contribution is 2.23. The number of amides is 1. The van der Waals surface area contributed by atoms with Gasteiger partial charge in [-0.2, -0.15) is 0 Å². The van der Waals surface area contributed by atoms with Crippen LogP contribution >= 0.6 is 15.9 Å². The number of carboxylic acid groups (broad SMARTS) is 1. The Balaban J connectivity index is 2.31. The zero-order chi connectivity index (χ0) is 14.0. The van der Waals surface area contributed by atoms with Gasteiger partial charge in [0.25, 0.3) is 5.91 Å². The van der Waals surface area contributed by atoms with Gasteiger partial charge < -0.3 is 10.0 Å². The third kappa shape index (κ3) is 2.97. The van der Waals surface area contributed by atoms with Crippen LogP contribution in [0.3, 0.4) is 0 Å². The normalized spacial score (nSPS) is 19.3. The quantitative estimate of drug-likeness (QED) is 0.909. The first-order valence-corrected chi connectivity index (χ1v) is 7.10. The number of carbonyl (C=O) groups excluding carboxylic acids is 1. The van der Waals surface area contributed by atoms with Gasteiger partial charge in [-0.25, -0.2) is 4.79 Å². The lowest BCUT2D eigenvalue weighted by molar-refractivity contribution is -0.143. The van der Waals surface area contributed by atoms with E-state index in [1.165, 1.54) is 4.90 Å². The Morgan fingerprint density at radius 3 is 2.79 bits per heavy atom. The summed E-state index contributed by atoms with van der Waals surface area (Å²) in [4.78, 5) is 25.3. The number of piperidine rings is 1. The molecule has 0 radical (unpaired) electrons. The van der Waals surface area contributed by atoms with E-state index in [1.54, 1.807) is 6.07 Å². The number of nitrogens with zero attached hydrogens (tertiary/aromatic N) is 1. The van der Waals surface area contributed by atoms with Gasteiger partial charge in [0.2, 0.25) is 0 Å². The number of hydrogen-bond acceptors (Lipinski definition) is 2. The Morgan fingerprint density at radius 2 is 2.11 bits per heavy atom. The van der Waals surface area contributed by atoms with Gasteiger partial charge in [0.1, 0.15) is 6.04 Å². The van der Waals surface area contributed by atoms with Crippen LogP contribution in [-0.2, 0) is 4.79 Å². The van der Waals surface area contributed by atoms with E-state index in [4.69, 9.17) is 0 Å². The minimum absolute atomic E-state index is 0.189. The molecule has 1 amide bonds. The maximum Gasteiger partial charge on any atom is 0.326 e. The van der Waals surface area contributed by atoms with E-state index in [-0.39, 0.29) is 5.91 Å². The first-order chi connectivity index (χ1) is 9.00. The number of aliphatic carboxylic acids is 1. The Bertz CT molecular complexity index is 515. The van der Waals surface area contributed by atoms with Crippen molar-refractivity contribution in [1.29, 1.82) is 0 Å². The van der Waals surface area contributed by atoms with Crippen LogP contribution in [0, 0.1) is 6.92 Å². The molecule has 1 aromatic carbocycles. The summed E-state index contributed by atoms with van der Waals surface area (Å²) in [6.45, 7) is 2.38. The van der Waals surface area contributed by atoms with E-state index < -0.39 is 12.0 Å². The Kier molecular flexibility index (Phi) is 4.24. The highest BCUT2D eigenvalue weighted by Gasteiger charge is 2.32. The molecule has 0 unspecified atom stereocenters. The summed E-state index contributed by atoms with van der Waals surface area (Å²) < 4.78 is 0.824. The van der Waals surface area contributed by atoms with Crippen LogP contribution in [-0.4, -0.2) is 34.5 Å². The first kappa shape index (κ1) is 14.1. The molecule has 19 heavy (non-hydrogen) atoms. The van der Waals surface area contributed by atoms with Gasteiger partial charge in [-0.1, -0.05) is 22.0 Å². The molecule has 102 valence electrons. The van der Waals surface area contributed by atoms with E-state index in [2.05, 4.69) is 15.9 Å². The van der Waals surface area contributed by atoms with Crippen LogP contribution < -0.4 is 0 Å². The lowest BCUT2D eigenvalue weighted by Gasteiger charge is -2.33. The lowest BCUT2D eigenvalue weighted by Crippen LogP contribution is -2.48. The molecular formula is C14H16BrNO3. The summed E-state index contributed by atoms with van der Waals surface area (Å²) in [6.07, 6.45) is 2.26. The van der Waals surface area contributed by atoms with Crippen molar-refractivity contribution in [3.63, 3.8) is 0 Å². The molecule has 5 heteroatoms. The lowest BCUT2D eigenvalue weighted by atomic mass is 9.99. The average molecular weight is 326 g/mol. The van der Waals surface area contributed by atoms with Crippen LogP contribution in [0.5, 0.6) is 0 Å². The highest BCUT2D eigenvalue weighted by atomic mass is 79.9. The second-order valence-corrected chi connectivity index (χ2v) is 5.72.